The molecule has 0 N–H and O–H groups in total. The third-order valence-electron chi connectivity index (χ3n) is 3.59. The monoisotopic (exact) mass is 307 g/mol. The van der Waals surface area contributed by atoms with Crippen LogP contribution in [0.2, 0.25) is 0 Å². The lowest BCUT2D eigenvalue weighted by Gasteiger charge is -2.06. The van der Waals surface area contributed by atoms with E-state index in [0.717, 1.165) is 22.2 Å². The van der Waals surface area contributed by atoms with Crippen molar-refractivity contribution in [1.29, 1.82) is 0 Å². The molecule has 0 bridgehead atoms. The molecule has 0 saturated carbocycles. The molecule has 6 heteroatoms. The second-order valence-corrected chi connectivity index (χ2v) is 5.25. The highest BCUT2D eigenvalue weighted by atomic mass is 16.4. The molecular formula is C17H13N3O3. The van der Waals surface area contributed by atoms with Gasteiger partial charge < -0.3 is 8.83 Å². The number of para-hydroxylation sites is 1. The van der Waals surface area contributed by atoms with Crippen LogP contribution < -0.4 is 5.76 Å². The molecule has 0 saturated heterocycles. The summed E-state index contributed by atoms with van der Waals surface area (Å²) in [5.74, 6) is 0.0849. The van der Waals surface area contributed by atoms with Crippen LogP contribution in [-0.2, 0) is 6.54 Å². The maximum atomic E-state index is 12.0. The Hall–Kier alpha value is -3.15. The zero-order chi connectivity index (χ0) is 15.8. The van der Waals surface area contributed by atoms with Crippen LogP contribution in [0.15, 0.2) is 62.4 Å². The van der Waals surface area contributed by atoms with E-state index in [-0.39, 0.29) is 5.89 Å². The molecule has 0 amide bonds. The zero-order valence-electron chi connectivity index (χ0n) is 12.4. The van der Waals surface area contributed by atoms with Gasteiger partial charge >= 0.3 is 5.76 Å². The summed E-state index contributed by atoms with van der Waals surface area (Å²) in [4.78, 5) is 16.5. The van der Waals surface area contributed by atoms with Crippen molar-refractivity contribution in [1.82, 2.24) is 14.8 Å². The van der Waals surface area contributed by atoms with Crippen LogP contribution in [0.1, 0.15) is 11.3 Å². The highest BCUT2D eigenvalue weighted by molar-refractivity contribution is 5.82. The highest BCUT2D eigenvalue weighted by Crippen LogP contribution is 2.20. The fraction of sp³-hybridized carbons (Fsp3) is 0.118. The molecule has 114 valence electrons. The number of pyridine rings is 1. The molecule has 0 radical (unpaired) electrons. The first-order valence-corrected chi connectivity index (χ1v) is 7.18. The van der Waals surface area contributed by atoms with Gasteiger partial charge in [0.25, 0.3) is 5.89 Å². The zero-order valence-corrected chi connectivity index (χ0v) is 12.4. The van der Waals surface area contributed by atoms with Gasteiger partial charge in [0.1, 0.15) is 0 Å². The quantitative estimate of drug-likeness (QED) is 0.581. The smallest absolute Gasteiger partial charge is 0.437 e. The highest BCUT2D eigenvalue weighted by Gasteiger charge is 2.14. The summed E-state index contributed by atoms with van der Waals surface area (Å²) in [6.45, 7) is 2.24. The summed E-state index contributed by atoms with van der Waals surface area (Å²) in [6, 6.07) is 13.2. The largest absolute Gasteiger partial charge is 0.459 e. The minimum Gasteiger partial charge on any atom is -0.459 e. The van der Waals surface area contributed by atoms with Crippen LogP contribution in [-0.4, -0.2) is 14.8 Å². The first kappa shape index (κ1) is 13.5. The van der Waals surface area contributed by atoms with Gasteiger partial charge in [-0.1, -0.05) is 18.2 Å². The summed E-state index contributed by atoms with van der Waals surface area (Å²) < 4.78 is 11.7. The van der Waals surface area contributed by atoms with Gasteiger partial charge in [0.05, 0.1) is 18.3 Å². The van der Waals surface area contributed by atoms with Crippen LogP contribution >= 0.6 is 0 Å². The van der Waals surface area contributed by atoms with E-state index in [1.165, 1.54) is 10.9 Å². The summed E-state index contributed by atoms with van der Waals surface area (Å²) in [5.41, 5.74) is 2.75. The molecule has 0 atom stereocenters. The van der Waals surface area contributed by atoms with Gasteiger partial charge in [0, 0.05) is 11.1 Å². The van der Waals surface area contributed by atoms with E-state index in [9.17, 15) is 4.79 Å². The number of aromatic nitrogens is 3. The predicted molar refractivity (Wildman–Crippen MR) is 84.0 cm³/mol. The van der Waals surface area contributed by atoms with Gasteiger partial charge in [0.2, 0.25) is 0 Å². The van der Waals surface area contributed by atoms with Crippen molar-refractivity contribution in [2.45, 2.75) is 13.5 Å². The number of hydrogen-bond donors (Lipinski definition) is 0. The fourth-order valence-electron chi connectivity index (χ4n) is 2.59. The van der Waals surface area contributed by atoms with E-state index in [1.54, 1.807) is 12.1 Å². The Bertz CT molecular complexity index is 1030. The summed E-state index contributed by atoms with van der Waals surface area (Å²) in [6.07, 6.45) is 1.51. The molecule has 0 unspecified atom stereocenters. The summed E-state index contributed by atoms with van der Waals surface area (Å²) in [7, 11) is 0. The first-order chi connectivity index (χ1) is 11.2. The average Bonchev–Trinajstić information content (AvgIpc) is 3.17. The molecule has 0 spiro atoms. The molecular weight excluding hydrogens is 294 g/mol. The van der Waals surface area contributed by atoms with E-state index in [1.807, 2.05) is 37.3 Å². The number of fused-ring (bicyclic) bond motifs is 1. The standard InChI is InChI=1S/C17H13N3O3/c1-11-9-12(13-5-2-3-6-14(13)18-11)10-20-17(21)23-16(19-20)15-7-4-8-22-15/h2-9H,10H2,1H3. The van der Waals surface area contributed by atoms with Crippen LogP contribution in [0, 0.1) is 6.92 Å². The van der Waals surface area contributed by atoms with Crippen LogP contribution in [0.5, 0.6) is 0 Å². The lowest BCUT2D eigenvalue weighted by Crippen LogP contribution is -2.17. The molecule has 0 aliphatic rings. The number of rotatable bonds is 3. The fourth-order valence-corrected chi connectivity index (χ4v) is 2.59. The maximum Gasteiger partial charge on any atom is 0.437 e. The van der Waals surface area contributed by atoms with Crippen molar-refractivity contribution in [3.8, 4) is 11.7 Å². The molecule has 0 aliphatic carbocycles. The van der Waals surface area contributed by atoms with Gasteiger partial charge in [-0.3, -0.25) is 4.98 Å². The Balaban J connectivity index is 1.78. The van der Waals surface area contributed by atoms with Crippen molar-refractivity contribution < 1.29 is 8.83 Å². The topological polar surface area (TPSA) is 74.1 Å². The van der Waals surface area contributed by atoms with Crippen molar-refractivity contribution in [2.75, 3.05) is 0 Å². The molecule has 23 heavy (non-hydrogen) atoms. The van der Waals surface area contributed by atoms with Crippen LogP contribution in [0.25, 0.3) is 22.6 Å². The second-order valence-electron chi connectivity index (χ2n) is 5.25. The van der Waals surface area contributed by atoms with Crippen LogP contribution in [0.3, 0.4) is 0 Å². The Kier molecular flexibility index (Phi) is 3.08. The Morgan fingerprint density at radius 3 is 2.87 bits per heavy atom. The first-order valence-electron chi connectivity index (χ1n) is 7.18. The average molecular weight is 307 g/mol. The SMILES string of the molecule is Cc1cc(Cn2nc(-c3ccco3)oc2=O)c2ccccc2n1. The summed E-state index contributed by atoms with van der Waals surface area (Å²) >= 11 is 0. The molecule has 0 aliphatic heterocycles. The maximum absolute atomic E-state index is 12.0. The second kappa shape index (κ2) is 5.24. The van der Waals surface area contributed by atoms with E-state index in [4.69, 9.17) is 8.83 Å². The van der Waals surface area contributed by atoms with Crippen molar-refractivity contribution >= 4 is 10.9 Å². The molecule has 4 rings (SSSR count). The van der Waals surface area contributed by atoms with E-state index >= 15 is 0 Å². The molecule has 3 heterocycles. The van der Waals surface area contributed by atoms with Crippen molar-refractivity contribution in [2.24, 2.45) is 0 Å². The normalized spacial score (nSPS) is 11.2. The molecule has 3 aromatic heterocycles. The minimum absolute atomic E-state index is 0.176. The van der Waals surface area contributed by atoms with Crippen molar-refractivity contribution in [3.63, 3.8) is 0 Å². The van der Waals surface area contributed by atoms with Gasteiger partial charge in [-0.05, 0) is 36.8 Å². The van der Waals surface area contributed by atoms with E-state index in [2.05, 4.69) is 10.1 Å². The third-order valence-corrected chi connectivity index (χ3v) is 3.59. The van der Waals surface area contributed by atoms with Crippen LogP contribution in [0.4, 0.5) is 0 Å². The molecule has 1 aromatic carbocycles. The van der Waals surface area contributed by atoms with E-state index < -0.39 is 5.76 Å². The molecule has 6 nitrogen and oxygen atoms in total. The Morgan fingerprint density at radius 1 is 1.17 bits per heavy atom. The van der Waals surface area contributed by atoms with Gasteiger partial charge in [-0.15, -0.1) is 5.10 Å². The van der Waals surface area contributed by atoms with E-state index in [0.29, 0.717) is 12.3 Å². The Morgan fingerprint density at radius 2 is 2.04 bits per heavy atom. The predicted octanol–water partition coefficient (Wildman–Crippen LogP) is 3.00. The molecule has 4 aromatic rings. The number of nitrogens with zero attached hydrogens (tertiary/aromatic N) is 3. The third kappa shape index (κ3) is 2.44. The Labute approximate surface area is 131 Å². The lowest BCUT2D eigenvalue weighted by atomic mass is 10.1. The van der Waals surface area contributed by atoms with Gasteiger partial charge in [-0.2, -0.15) is 4.68 Å². The van der Waals surface area contributed by atoms with Gasteiger partial charge in [0.15, 0.2) is 5.76 Å². The van der Waals surface area contributed by atoms with Crippen molar-refractivity contribution in [3.05, 3.63) is 70.5 Å². The van der Waals surface area contributed by atoms with Gasteiger partial charge in [-0.25, -0.2) is 4.79 Å². The number of furan rings is 1. The number of hydrogen-bond acceptors (Lipinski definition) is 5. The minimum atomic E-state index is -0.519. The number of benzene rings is 1. The number of aryl methyl sites for hydroxylation is 1. The lowest BCUT2D eigenvalue weighted by molar-refractivity contribution is 0.477. The summed E-state index contributed by atoms with van der Waals surface area (Å²) in [5, 5.41) is 5.20. The molecule has 0 fully saturated rings.